The van der Waals surface area contributed by atoms with Gasteiger partial charge in [0.1, 0.15) is 6.17 Å². The summed E-state index contributed by atoms with van der Waals surface area (Å²) in [6.07, 6.45) is 9.53. The summed E-state index contributed by atoms with van der Waals surface area (Å²) in [7, 11) is 0. The van der Waals surface area contributed by atoms with Crippen LogP contribution in [-0.2, 0) is 4.79 Å². The zero-order valence-corrected chi connectivity index (χ0v) is 17.6. The van der Waals surface area contributed by atoms with Crippen LogP contribution in [0, 0.1) is 17.3 Å². The Bertz CT molecular complexity index is 575. The Kier molecular flexibility index (Phi) is 10.1. The third-order valence-corrected chi connectivity index (χ3v) is 5.56. The van der Waals surface area contributed by atoms with Crippen LogP contribution >= 0.6 is 0 Å². The Balaban J connectivity index is 2.67. The number of carboxylic acid groups (broad SMARTS) is 1. The van der Waals surface area contributed by atoms with Crippen molar-refractivity contribution in [3.8, 4) is 0 Å². The van der Waals surface area contributed by atoms with Crippen LogP contribution in [0.3, 0.4) is 0 Å². The number of hydrogen-bond acceptors (Lipinski definition) is 3. The molecule has 1 rings (SSSR count). The van der Waals surface area contributed by atoms with Crippen LogP contribution in [0.25, 0.3) is 0 Å². The van der Waals surface area contributed by atoms with E-state index in [2.05, 4.69) is 6.08 Å². The monoisotopic (exact) mass is 396 g/mol. The van der Waals surface area contributed by atoms with Crippen LogP contribution in [0.2, 0.25) is 0 Å². The second-order valence-corrected chi connectivity index (χ2v) is 8.86. The first-order chi connectivity index (χ1) is 13.0. The number of aliphatic carboxylic acids is 1. The molecule has 0 radical (unpaired) electrons. The van der Waals surface area contributed by atoms with Gasteiger partial charge < -0.3 is 15.3 Å². The van der Waals surface area contributed by atoms with Gasteiger partial charge in [0.15, 0.2) is 0 Å². The van der Waals surface area contributed by atoms with E-state index in [1.807, 2.05) is 39.8 Å². The molecular formula is C23H37FO4. The van der Waals surface area contributed by atoms with Crippen LogP contribution < -0.4 is 0 Å². The van der Waals surface area contributed by atoms with Gasteiger partial charge in [-0.15, -0.1) is 0 Å². The summed E-state index contributed by atoms with van der Waals surface area (Å²) in [4.78, 5) is 10.5. The summed E-state index contributed by atoms with van der Waals surface area (Å²) < 4.78 is 14.4. The van der Waals surface area contributed by atoms with Crippen LogP contribution in [0.15, 0.2) is 36.0 Å². The van der Waals surface area contributed by atoms with Crippen molar-refractivity contribution in [3.63, 3.8) is 0 Å². The predicted octanol–water partition coefficient (Wildman–Crippen LogP) is 4.82. The summed E-state index contributed by atoms with van der Waals surface area (Å²) in [5.74, 6) is -1.46. The predicted molar refractivity (Wildman–Crippen MR) is 111 cm³/mol. The number of unbranched alkanes of at least 4 members (excludes halogenated alkanes) is 1. The van der Waals surface area contributed by atoms with E-state index in [1.165, 1.54) is 5.57 Å². The zero-order chi connectivity index (χ0) is 21.3. The zero-order valence-electron chi connectivity index (χ0n) is 17.6. The average Bonchev–Trinajstić information content (AvgIpc) is 2.86. The largest absolute Gasteiger partial charge is 0.481 e. The molecule has 28 heavy (non-hydrogen) atoms. The van der Waals surface area contributed by atoms with E-state index >= 15 is 0 Å². The van der Waals surface area contributed by atoms with Gasteiger partial charge in [0.05, 0.1) is 12.2 Å². The van der Waals surface area contributed by atoms with Crippen LogP contribution in [0.5, 0.6) is 0 Å². The average molecular weight is 397 g/mol. The van der Waals surface area contributed by atoms with Crippen LogP contribution in [0.1, 0.15) is 66.2 Å². The van der Waals surface area contributed by atoms with E-state index in [0.29, 0.717) is 19.3 Å². The maximum absolute atomic E-state index is 14.4. The topological polar surface area (TPSA) is 77.8 Å². The molecule has 0 spiro atoms. The van der Waals surface area contributed by atoms with Gasteiger partial charge in [0, 0.05) is 24.7 Å². The summed E-state index contributed by atoms with van der Waals surface area (Å²) in [6, 6.07) is 0. The minimum atomic E-state index is -1.08. The minimum absolute atomic E-state index is 0.115. The number of carboxylic acids is 1. The maximum Gasteiger partial charge on any atom is 0.303 e. The molecule has 1 aliphatic rings. The fourth-order valence-electron chi connectivity index (χ4n) is 3.49. The molecule has 0 aromatic heterocycles. The van der Waals surface area contributed by atoms with E-state index < -0.39 is 24.3 Å². The summed E-state index contributed by atoms with van der Waals surface area (Å²) in [5, 5.41) is 29.4. The Morgan fingerprint density at radius 1 is 1.29 bits per heavy atom. The second kappa shape index (κ2) is 11.5. The first-order valence-electron chi connectivity index (χ1n) is 10.2. The van der Waals surface area contributed by atoms with E-state index in [1.54, 1.807) is 12.2 Å². The lowest BCUT2D eigenvalue weighted by Gasteiger charge is -2.28. The molecule has 0 aliphatic heterocycles. The molecule has 0 bridgehead atoms. The molecule has 0 unspecified atom stereocenters. The van der Waals surface area contributed by atoms with Crippen molar-refractivity contribution >= 4 is 5.97 Å². The Morgan fingerprint density at radius 2 is 1.96 bits per heavy atom. The van der Waals surface area contributed by atoms with Gasteiger partial charge in [0.2, 0.25) is 0 Å². The van der Waals surface area contributed by atoms with Crippen molar-refractivity contribution in [1.29, 1.82) is 0 Å². The Morgan fingerprint density at radius 3 is 2.57 bits per heavy atom. The van der Waals surface area contributed by atoms with Crippen molar-refractivity contribution in [2.75, 3.05) is 0 Å². The smallest absolute Gasteiger partial charge is 0.303 e. The van der Waals surface area contributed by atoms with Gasteiger partial charge in [-0.25, -0.2) is 4.39 Å². The third kappa shape index (κ3) is 8.27. The summed E-state index contributed by atoms with van der Waals surface area (Å²) in [5.41, 5.74) is 0.859. The van der Waals surface area contributed by atoms with Gasteiger partial charge in [-0.05, 0) is 44.9 Å². The molecule has 1 fully saturated rings. The highest BCUT2D eigenvalue weighted by Gasteiger charge is 2.41. The minimum Gasteiger partial charge on any atom is -0.481 e. The number of halogens is 1. The summed E-state index contributed by atoms with van der Waals surface area (Å²) in [6.45, 7) is 8.02. The van der Waals surface area contributed by atoms with E-state index in [0.717, 1.165) is 6.42 Å². The molecule has 0 aromatic rings. The SMILES string of the molecule is CC(C)=CCC(C)(C)[C@H](O)/C=C/[C@@H]1[C@@H](C/C=C\CCCC(=O)O)[C@H](F)C[C@H]1O. The lowest BCUT2D eigenvalue weighted by molar-refractivity contribution is -0.137. The third-order valence-electron chi connectivity index (χ3n) is 5.56. The number of aliphatic hydroxyl groups excluding tert-OH is 2. The molecule has 0 aromatic carbocycles. The van der Waals surface area contributed by atoms with Crippen LogP contribution in [-0.4, -0.2) is 39.7 Å². The first kappa shape index (κ1) is 24.6. The summed E-state index contributed by atoms with van der Waals surface area (Å²) >= 11 is 0. The van der Waals surface area contributed by atoms with Crippen LogP contribution in [0.4, 0.5) is 4.39 Å². The first-order valence-corrected chi connectivity index (χ1v) is 10.2. The molecule has 3 N–H and O–H groups in total. The number of aliphatic hydroxyl groups is 2. The molecule has 4 nitrogen and oxygen atoms in total. The highest BCUT2D eigenvalue weighted by Crippen LogP contribution is 2.39. The van der Waals surface area contributed by atoms with Crippen molar-refractivity contribution in [1.82, 2.24) is 0 Å². The van der Waals surface area contributed by atoms with Gasteiger partial charge in [0.25, 0.3) is 0 Å². The number of rotatable bonds is 11. The molecule has 5 heteroatoms. The standard InChI is InChI=1S/C23H37FO4/c1-16(2)13-14-23(3,4)21(26)12-11-18-17(19(24)15-20(18)25)9-7-5-6-8-10-22(27)28/h5,7,11-13,17-21,25-26H,6,8-10,14-15H2,1-4H3,(H,27,28)/b7-5-,12-11+/t17-,18-,19-,20-,21-/m1/s1. The second-order valence-electron chi connectivity index (χ2n) is 8.86. The molecule has 0 heterocycles. The van der Waals surface area contributed by atoms with E-state index in [4.69, 9.17) is 5.11 Å². The van der Waals surface area contributed by atoms with Gasteiger partial charge in [-0.2, -0.15) is 0 Å². The maximum atomic E-state index is 14.4. The molecule has 160 valence electrons. The molecule has 0 amide bonds. The Hall–Kier alpha value is -1.46. The fraction of sp³-hybridized carbons (Fsp3) is 0.696. The van der Waals surface area contributed by atoms with Crippen molar-refractivity contribution in [2.24, 2.45) is 17.3 Å². The van der Waals surface area contributed by atoms with Gasteiger partial charge in [-0.1, -0.05) is 49.8 Å². The highest BCUT2D eigenvalue weighted by atomic mass is 19.1. The molecule has 1 saturated carbocycles. The lowest BCUT2D eigenvalue weighted by atomic mass is 9.81. The molecule has 1 aliphatic carbocycles. The molecular weight excluding hydrogens is 359 g/mol. The number of hydrogen-bond donors (Lipinski definition) is 3. The fourth-order valence-corrected chi connectivity index (χ4v) is 3.49. The number of carbonyl (C=O) groups is 1. The number of allylic oxidation sites excluding steroid dienone is 4. The Labute approximate surface area is 168 Å². The van der Waals surface area contributed by atoms with Gasteiger partial charge >= 0.3 is 5.97 Å². The van der Waals surface area contributed by atoms with E-state index in [-0.39, 0.29) is 30.1 Å². The molecule has 0 saturated heterocycles. The quantitative estimate of drug-likeness (QED) is 0.345. The number of alkyl halides is 1. The van der Waals surface area contributed by atoms with Crippen molar-refractivity contribution in [2.45, 2.75) is 84.6 Å². The van der Waals surface area contributed by atoms with Crippen molar-refractivity contribution in [3.05, 3.63) is 36.0 Å². The lowest BCUT2D eigenvalue weighted by Crippen LogP contribution is -2.28. The normalized spacial score (nSPS) is 26.8. The van der Waals surface area contributed by atoms with Gasteiger partial charge in [-0.3, -0.25) is 4.79 Å². The highest BCUT2D eigenvalue weighted by molar-refractivity contribution is 5.66. The van der Waals surface area contributed by atoms with Crippen molar-refractivity contribution < 1.29 is 24.5 Å². The van der Waals surface area contributed by atoms with E-state index in [9.17, 15) is 19.4 Å². The molecule has 5 atom stereocenters.